The lowest BCUT2D eigenvalue weighted by Gasteiger charge is -2.51. The zero-order valence-electron chi connectivity index (χ0n) is 4.30. The maximum Gasteiger partial charge on any atom is 0.00504 e. The molecule has 0 N–H and O–H groups in total. The van der Waals surface area contributed by atoms with Gasteiger partial charge >= 0.3 is 0 Å². The largest absolute Gasteiger partial charge is 0.176 e. The summed E-state index contributed by atoms with van der Waals surface area (Å²) in [7, 11) is 0. The van der Waals surface area contributed by atoms with Crippen LogP contribution in [-0.2, 0) is 0 Å². The summed E-state index contributed by atoms with van der Waals surface area (Å²) < 4.78 is 0. The minimum atomic E-state index is 0.791. The lowest BCUT2D eigenvalue weighted by Crippen LogP contribution is -2.45. The van der Waals surface area contributed by atoms with Crippen LogP contribution < -0.4 is 0 Å². The van der Waals surface area contributed by atoms with Crippen LogP contribution in [0.1, 0.15) is 19.3 Å². The molecule has 2 fully saturated rings. The highest BCUT2D eigenvalue weighted by atomic mass is 32.1. The zero-order chi connectivity index (χ0) is 4.85. The molecular formula is C6H10S. The van der Waals surface area contributed by atoms with Gasteiger partial charge in [-0.25, -0.2) is 0 Å². The lowest BCUT2D eigenvalue weighted by molar-refractivity contribution is 0.0660. The highest BCUT2D eigenvalue weighted by molar-refractivity contribution is 7.81. The van der Waals surface area contributed by atoms with Crippen molar-refractivity contribution in [2.24, 2.45) is 11.8 Å². The van der Waals surface area contributed by atoms with Crippen LogP contribution in [-0.4, -0.2) is 5.25 Å². The molecule has 0 aromatic heterocycles. The predicted octanol–water partition coefficient (Wildman–Crippen LogP) is 1.71. The van der Waals surface area contributed by atoms with Crippen LogP contribution in [0.3, 0.4) is 0 Å². The Labute approximate surface area is 49.7 Å². The van der Waals surface area contributed by atoms with Crippen molar-refractivity contribution in [1.82, 2.24) is 0 Å². The van der Waals surface area contributed by atoms with Gasteiger partial charge in [-0.15, -0.1) is 0 Å². The van der Waals surface area contributed by atoms with Crippen molar-refractivity contribution >= 4 is 12.6 Å². The second-order valence-corrected chi connectivity index (χ2v) is 3.47. The molecular weight excluding hydrogens is 104 g/mol. The molecule has 1 heteroatoms. The molecule has 0 heterocycles. The van der Waals surface area contributed by atoms with Gasteiger partial charge < -0.3 is 0 Å². The van der Waals surface area contributed by atoms with E-state index in [9.17, 15) is 0 Å². The van der Waals surface area contributed by atoms with E-state index < -0.39 is 0 Å². The van der Waals surface area contributed by atoms with Crippen molar-refractivity contribution in [3.8, 4) is 0 Å². The first-order valence-electron chi connectivity index (χ1n) is 3.06. The van der Waals surface area contributed by atoms with E-state index >= 15 is 0 Å². The Morgan fingerprint density at radius 2 is 2.14 bits per heavy atom. The van der Waals surface area contributed by atoms with Gasteiger partial charge in [-0.1, -0.05) is 0 Å². The van der Waals surface area contributed by atoms with E-state index in [1.54, 1.807) is 0 Å². The molecule has 3 atom stereocenters. The quantitative estimate of drug-likeness (QED) is 0.455. The van der Waals surface area contributed by atoms with Crippen LogP contribution in [0.2, 0.25) is 0 Å². The van der Waals surface area contributed by atoms with E-state index in [-0.39, 0.29) is 0 Å². The normalized spacial score (nSPS) is 57.0. The van der Waals surface area contributed by atoms with Gasteiger partial charge in [0.2, 0.25) is 0 Å². The van der Waals surface area contributed by atoms with E-state index in [0.29, 0.717) is 0 Å². The summed E-state index contributed by atoms with van der Waals surface area (Å²) >= 11 is 4.39. The summed E-state index contributed by atoms with van der Waals surface area (Å²) in [5, 5.41) is 0.791. The molecule has 40 valence electrons. The third-order valence-corrected chi connectivity index (χ3v) is 3.11. The SMILES string of the molecule is SC1CC2CCC12. The standard InChI is InChI=1S/C6H10S/c7-6-3-4-1-2-5(4)6/h4-7H,1-3H2. The van der Waals surface area contributed by atoms with Crippen LogP contribution in [0, 0.1) is 11.8 Å². The molecule has 2 aliphatic carbocycles. The van der Waals surface area contributed by atoms with E-state index in [0.717, 1.165) is 17.1 Å². The highest BCUT2D eigenvalue weighted by Crippen LogP contribution is 2.52. The Morgan fingerprint density at radius 1 is 1.29 bits per heavy atom. The maximum atomic E-state index is 4.39. The molecule has 0 spiro atoms. The molecule has 7 heavy (non-hydrogen) atoms. The van der Waals surface area contributed by atoms with Gasteiger partial charge in [0.25, 0.3) is 0 Å². The number of thiol groups is 1. The third kappa shape index (κ3) is 0.399. The Morgan fingerprint density at radius 3 is 2.14 bits per heavy atom. The van der Waals surface area contributed by atoms with Crippen LogP contribution in [0.15, 0.2) is 0 Å². The van der Waals surface area contributed by atoms with E-state index in [2.05, 4.69) is 12.6 Å². The summed E-state index contributed by atoms with van der Waals surface area (Å²) in [5.41, 5.74) is 0. The van der Waals surface area contributed by atoms with Crippen molar-refractivity contribution in [2.75, 3.05) is 0 Å². The van der Waals surface area contributed by atoms with Gasteiger partial charge in [0.15, 0.2) is 0 Å². The Kier molecular flexibility index (Phi) is 0.724. The van der Waals surface area contributed by atoms with Gasteiger partial charge in [0, 0.05) is 5.25 Å². The average molecular weight is 114 g/mol. The molecule has 0 aromatic carbocycles. The zero-order valence-corrected chi connectivity index (χ0v) is 5.20. The number of hydrogen-bond acceptors (Lipinski definition) is 1. The molecule has 0 aliphatic heterocycles. The van der Waals surface area contributed by atoms with Crippen molar-refractivity contribution in [1.29, 1.82) is 0 Å². The van der Waals surface area contributed by atoms with Crippen LogP contribution >= 0.6 is 12.6 Å². The Balaban J connectivity index is 1.99. The number of rotatable bonds is 0. The monoisotopic (exact) mass is 114 g/mol. The van der Waals surface area contributed by atoms with Gasteiger partial charge in [-0.05, 0) is 31.1 Å². The molecule has 0 amide bonds. The number of hydrogen-bond donors (Lipinski definition) is 1. The average Bonchev–Trinajstić information content (AvgIpc) is 1.59. The fourth-order valence-corrected chi connectivity index (χ4v) is 2.35. The van der Waals surface area contributed by atoms with Gasteiger partial charge in [-0.2, -0.15) is 12.6 Å². The molecule has 2 saturated carbocycles. The first-order chi connectivity index (χ1) is 3.38. The molecule has 0 radical (unpaired) electrons. The van der Waals surface area contributed by atoms with E-state index in [1.807, 2.05) is 0 Å². The third-order valence-electron chi connectivity index (χ3n) is 2.51. The summed E-state index contributed by atoms with van der Waals surface area (Å²) in [6.07, 6.45) is 4.38. The summed E-state index contributed by atoms with van der Waals surface area (Å²) in [4.78, 5) is 0. The van der Waals surface area contributed by atoms with Crippen molar-refractivity contribution in [2.45, 2.75) is 24.5 Å². The maximum absolute atomic E-state index is 4.39. The van der Waals surface area contributed by atoms with Crippen LogP contribution in [0.4, 0.5) is 0 Å². The molecule has 0 aromatic rings. The fourth-order valence-electron chi connectivity index (χ4n) is 1.68. The van der Waals surface area contributed by atoms with E-state index in [4.69, 9.17) is 0 Å². The number of fused-ring (bicyclic) bond motifs is 1. The molecule has 2 aliphatic rings. The smallest absolute Gasteiger partial charge is 0.00504 e. The summed E-state index contributed by atoms with van der Waals surface area (Å²) in [5.74, 6) is 2.16. The van der Waals surface area contributed by atoms with Gasteiger partial charge in [0.1, 0.15) is 0 Å². The van der Waals surface area contributed by atoms with Crippen molar-refractivity contribution in [3.05, 3.63) is 0 Å². The van der Waals surface area contributed by atoms with Crippen molar-refractivity contribution in [3.63, 3.8) is 0 Å². The minimum absolute atomic E-state index is 0.791. The second kappa shape index (κ2) is 1.19. The highest BCUT2D eigenvalue weighted by Gasteiger charge is 2.44. The molecule has 0 bridgehead atoms. The predicted molar refractivity (Wildman–Crippen MR) is 33.6 cm³/mol. The van der Waals surface area contributed by atoms with E-state index in [1.165, 1.54) is 19.3 Å². The van der Waals surface area contributed by atoms with Crippen LogP contribution in [0.25, 0.3) is 0 Å². The van der Waals surface area contributed by atoms with Crippen LogP contribution in [0.5, 0.6) is 0 Å². The molecule has 2 rings (SSSR count). The topological polar surface area (TPSA) is 0 Å². The minimum Gasteiger partial charge on any atom is -0.176 e. The van der Waals surface area contributed by atoms with Gasteiger partial charge in [0.05, 0.1) is 0 Å². The second-order valence-electron chi connectivity index (χ2n) is 2.80. The Bertz CT molecular complexity index is 86.2. The summed E-state index contributed by atoms with van der Waals surface area (Å²) in [6.45, 7) is 0. The fraction of sp³-hybridized carbons (Fsp3) is 1.00. The molecule has 0 saturated heterocycles. The molecule has 3 unspecified atom stereocenters. The van der Waals surface area contributed by atoms with Gasteiger partial charge in [-0.3, -0.25) is 0 Å². The first-order valence-corrected chi connectivity index (χ1v) is 3.57. The first kappa shape index (κ1) is 4.25. The lowest BCUT2D eigenvalue weighted by atomic mass is 9.59. The molecule has 0 nitrogen and oxygen atoms in total. The van der Waals surface area contributed by atoms with Crippen molar-refractivity contribution < 1.29 is 0 Å². The Hall–Kier alpha value is 0.350. The summed E-state index contributed by atoms with van der Waals surface area (Å²) in [6, 6.07) is 0.